The minimum atomic E-state index is -3.77. The summed E-state index contributed by atoms with van der Waals surface area (Å²) < 4.78 is 26.9. The van der Waals surface area contributed by atoms with Crippen molar-refractivity contribution in [1.29, 1.82) is 0 Å². The van der Waals surface area contributed by atoms with Crippen molar-refractivity contribution in [2.24, 2.45) is 0 Å². The maximum Gasteiger partial charge on any atom is 0.256 e. The number of likely N-dealkylation sites (N-methyl/N-ethyl adjacent to an activating group) is 1. The fourth-order valence-corrected chi connectivity index (χ4v) is 4.23. The maximum atomic E-state index is 12.9. The van der Waals surface area contributed by atoms with Gasteiger partial charge in [0.05, 0.1) is 17.0 Å². The van der Waals surface area contributed by atoms with E-state index in [0.717, 1.165) is 11.1 Å². The quantitative estimate of drug-likeness (QED) is 0.766. The van der Waals surface area contributed by atoms with E-state index < -0.39 is 15.8 Å². The monoisotopic (exact) mass is 364 g/mol. The molecule has 0 unspecified atom stereocenters. The molecule has 1 heterocycles. The van der Waals surface area contributed by atoms with E-state index in [0.29, 0.717) is 12.8 Å². The molecular formula is C18H24N2O4S. The highest BCUT2D eigenvalue weighted by atomic mass is 32.2. The van der Waals surface area contributed by atoms with Crippen LogP contribution in [0, 0.1) is 6.92 Å². The largest absolute Gasteiger partial charge is 0.345 e. The van der Waals surface area contributed by atoms with Gasteiger partial charge in [0.2, 0.25) is 10.0 Å². The Morgan fingerprint density at radius 2 is 1.72 bits per heavy atom. The molecule has 1 aliphatic heterocycles. The van der Waals surface area contributed by atoms with Crippen LogP contribution in [0.25, 0.3) is 0 Å². The number of Topliss-reactive ketones (excluding diaryl/α,β-unsaturated/α-hetero) is 1. The standard InChI is InChI=1S/C18H24N2O4S/c1-13-7-9-15(10-8-13)25(23,24)20-11-5-6-14(2)17(16(21)12-20)18(22)19(3)4/h7-10H,5-6,11-12H2,1-4H3. The zero-order valence-corrected chi connectivity index (χ0v) is 15.9. The molecule has 0 atom stereocenters. The number of ketones is 1. The molecule has 6 nitrogen and oxygen atoms in total. The van der Waals surface area contributed by atoms with Crippen LogP contribution in [0.15, 0.2) is 40.3 Å². The Kier molecular flexibility index (Phi) is 5.80. The lowest BCUT2D eigenvalue weighted by Crippen LogP contribution is -2.40. The molecule has 7 heteroatoms. The zero-order valence-electron chi connectivity index (χ0n) is 15.1. The Morgan fingerprint density at radius 1 is 1.12 bits per heavy atom. The smallest absolute Gasteiger partial charge is 0.256 e. The molecule has 136 valence electrons. The summed E-state index contributed by atoms with van der Waals surface area (Å²) in [5.74, 6) is -0.830. The Labute approximate surface area is 149 Å². The van der Waals surface area contributed by atoms with Gasteiger partial charge < -0.3 is 4.90 Å². The molecule has 0 bridgehead atoms. The number of carbonyl (C=O) groups excluding carboxylic acids is 2. The van der Waals surface area contributed by atoms with Gasteiger partial charge in [-0.2, -0.15) is 4.31 Å². The number of nitrogens with zero attached hydrogens (tertiary/aromatic N) is 2. The summed E-state index contributed by atoms with van der Waals surface area (Å²) in [6.45, 7) is 3.58. The number of hydrogen-bond donors (Lipinski definition) is 0. The van der Waals surface area contributed by atoms with E-state index in [-0.39, 0.29) is 29.5 Å². The topological polar surface area (TPSA) is 74.8 Å². The predicted octanol–water partition coefficient (Wildman–Crippen LogP) is 1.75. The molecule has 2 rings (SSSR count). The van der Waals surface area contributed by atoms with Gasteiger partial charge in [0.25, 0.3) is 5.91 Å². The van der Waals surface area contributed by atoms with Crippen LogP contribution in [-0.4, -0.2) is 56.5 Å². The van der Waals surface area contributed by atoms with Gasteiger partial charge >= 0.3 is 0 Å². The summed E-state index contributed by atoms with van der Waals surface area (Å²) in [7, 11) is -0.615. The van der Waals surface area contributed by atoms with Crippen LogP contribution in [0.4, 0.5) is 0 Å². The van der Waals surface area contributed by atoms with Crippen LogP contribution >= 0.6 is 0 Å². The molecule has 0 spiro atoms. The summed E-state index contributed by atoms with van der Waals surface area (Å²) in [6.07, 6.45) is 1.08. The zero-order chi connectivity index (χ0) is 18.8. The Balaban J connectivity index is 2.36. The molecule has 0 saturated heterocycles. The van der Waals surface area contributed by atoms with E-state index in [1.165, 1.54) is 9.21 Å². The minimum Gasteiger partial charge on any atom is -0.345 e. The molecule has 0 aliphatic carbocycles. The molecule has 0 N–H and O–H groups in total. The molecule has 25 heavy (non-hydrogen) atoms. The first-order valence-electron chi connectivity index (χ1n) is 8.16. The predicted molar refractivity (Wildman–Crippen MR) is 95.6 cm³/mol. The van der Waals surface area contributed by atoms with E-state index in [1.54, 1.807) is 45.3 Å². The van der Waals surface area contributed by atoms with E-state index in [4.69, 9.17) is 0 Å². The second kappa shape index (κ2) is 7.49. The maximum absolute atomic E-state index is 12.9. The molecule has 1 aromatic rings. The average molecular weight is 364 g/mol. The lowest BCUT2D eigenvalue weighted by Gasteiger charge is -2.25. The normalized spacial score (nSPS) is 17.2. The van der Waals surface area contributed by atoms with Crippen molar-refractivity contribution in [3.63, 3.8) is 0 Å². The third-order valence-corrected chi connectivity index (χ3v) is 6.12. The van der Waals surface area contributed by atoms with Crippen LogP contribution in [0.2, 0.25) is 0 Å². The highest BCUT2D eigenvalue weighted by molar-refractivity contribution is 7.89. The summed E-state index contributed by atoms with van der Waals surface area (Å²) >= 11 is 0. The van der Waals surface area contributed by atoms with Crippen molar-refractivity contribution in [2.45, 2.75) is 31.6 Å². The third-order valence-electron chi connectivity index (χ3n) is 4.26. The summed E-state index contributed by atoms with van der Waals surface area (Å²) in [4.78, 5) is 26.5. The molecule has 0 radical (unpaired) electrons. The summed E-state index contributed by atoms with van der Waals surface area (Å²) in [6, 6.07) is 6.54. The van der Waals surface area contributed by atoms with Crippen LogP contribution in [0.1, 0.15) is 25.3 Å². The summed E-state index contributed by atoms with van der Waals surface area (Å²) in [5.41, 5.74) is 1.78. The van der Waals surface area contributed by atoms with Gasteiger partial charge in [-0.05, 0) is 38.8 Å². The van der Waals surface area contributed by atoms with Gasteiger partial charge in [0, 0.05) is 20.6 Å². The van der Waals surface area contributed by atoms with Gasteiger partial charge in [0.1, 0.15) is 0 Å². The third kappa shape index (κ3) is 4.16. The fourth-order valence-electron chi connectivity index (χ4n) is 2.79. The number of aryl methyl sites for hydroxylation is 1. The van der Waals surface area contributed by atoms with E-state index >= 15 is 0 Å². The lowest BCUT2D eigenvalue weighted by molar-refractivity contribution is -0.128. The highest BCUT2D eigenvalue weighted by Gasteiger charge is 2.32. The van der Waals surface area contributed by atoms with E-state index in [9.17, 15) is 18.0 Å². The Hall–Kier alpha value is -1.99. The molecular weight excluding hydrogens is 340 g/mol. The molecule has 1 aromatic carbocycles. The van der Waals surface area contributed by atoms with Crippen molar-refractivity contribution in [2.75, 3.05) is 27.2 Å². The van der Waals surface area contributed by atoms with Crippen molar-refractivity contribution in [1.82, 2.24) is 9.21 Å². The second-order valence-corrected chi connectivity index (χ2v) is 8.47. The van der Waals surface area contributed by atoms with Gasteiger partial charge in [-0.25, -0.2) is 8.42 Å². The Morgan fingerprint density at radius 3 is 2.28 bits per heavy atom. The number of sulfonamides is 1. The summed E-state index contributed by atoms with van der Waals surface area (Å²) in [5, 5.41) is 0. The first-order valence-corrected chi connectivity index (χ1v) is 9.60. The number of amides is 1. The first kappa shape index (κ1) is 19.3. The molecule has 0 aromatic heterocycles. The fraction of sp³-hybridized carbons (Fsp3) is 0.444. The number of benzene rings is 1. The van der Waals surface area contributed by atoms with Crippen LogP contribution in [0.5, 0.6) is 0 Å². The second-order valence-electron chi connectivity index (χ2n) is 6.53. The lowest BCUT2D eigenvalue weighted by atomic mass is 9.98. The molecule has 1 amide bonds. The van der Waals surface area contributed by atoms with Crippen molar-refractivity contribution in [3.05, 3.63) is 41.0 Å². The Bertz CT molecular complexity index is 808. The minimum absolute atomic E-state index is 0.105. The molecule has 0 saturated carbocycles. The van der Waals surface area contributed by atoms with Gasteiger partial charge in [-0.15, -0.1) is 0 Å². The average Bonchev–Trinajstić information content (AvgIpc) is 2.52. The van der Waals surface area contributed by atoms with Crippen LogP contribution in [0.3, 0.4) is 0 Å². The molecule has 1 aliphatic rings. The van der Waals surface area contributed by atoms with Gasteiger partial charge in [0.15, 0.2) is 5.78 Å². The van der Waals surface area contributed by atoms with Gasteiger partial charge in [-0.3, -0.25) is 9.59 Å². The molecule has 0 fully saturated rings. The van der Waals surface area contributed by atoms with Crippen molar-refractivity contribution >= 4 is 21.7 Å². The SMILES string of the molecule is CC1=C(C(=O)N(C)C)C(=O)CN(S(=O)(=O)c2ccc(C)cc2)CCC1. The first-order chi connectivity index (χ1) is 11.6. The number of carbonyl (C=O) groups is 2. The van der Waals surface area contributed by atoms with Crippen LogP contribution < -0.4 is 0 Å². The van der Waals surface area contributed by atoms with Crippen molar-refractivity contribution < 1.29 is 18.0 Å². The van der Waals surface area contributed by atoms with E-state index in [2.05, 4.69) is 0 Å². The highest BCUT2D eigenvalue weighted by Crippen LogP contribution is 2.23. The van der Waals surface area contributed by atoms with E-state index in [1.807, 2.05) is 6.92 Å². The van der Waals surface area contributed by atoms with Crippen molar-refractivity contribution in [3.8, 4) is 0 Å². The van der Waals surface area contributed by atoms with Crippen LogP contribution in [-0.2, 0) is 19.6 Å². The number of rotatable bonds is 3. The number of allylic oxidation sites excluding steroid dienone is 1. The van der Waals surface area contributed by atoms with Gasteiger partial charge in [-0.1, -0.05) is 23.3 Å². The number of hydrogen-bond acceptors (Lipinski definition) is 4.